The zero-order valence-corrected chi connectivity index (χ0v) is 7.77. The molecule has 0 aliphatic heterocycles. The van der Waals surface area contributed by atoms with Crippen molar-refractivity contribution in [2.75, 3.05) is 0 Å². The average molecular weight is 242 g/mol. The van der Waals surface area contributed by atoms with Gasteiger partial charge in [-0.25, -0.2) is 4.39 Å². The molecule has 0 aromatic heterocycles. The van der Waals surface area contributed by atoms with E-state index in [2.05, 4.69) is 5.16 Å². The Morgan fingerprint density at radius 1 is 1.33 bits per heavy atom. The maximum Gasteiger partial charge on any atom is 0.417 e. The molecule has 0 aliphatic rings. The molecular weight excluding hydrogens is 238 g/mol. The van der Waals surface area contributed by atoms with Gasteiger partial charge in [-0.15, -0.1) is 0 Å². The van der Waals surface area contributed by atoms with Crippen LogP contribution in [-0.2, 0) is 6.18 Å². The fraction of sp³-hybridized carbons (Fsp3) is 0.125. The summed E-state index contributed by atoms with van der Waals surface area (Å²) in [6, 6.07) is 1.40. The number of halogens is 5. The summed E-state index contributed by atoms with van der Waals surface area (Å²) in [4.78, 5) is 0. The first-order chi connectivity index (χ1) is 6.88. The van der Waals surface area contributed by atoms with Gasteiger partial charge in [-0.1, -0.05) is 16.8 Å². The zero-order valence-electron chi connectivity index (χ0n) is 7.02. The second-order valence-electron chi connectivity index (χ2n) is 2.56. The Balaban J connectivity index is 3.47. The van der Waals surface area contributed by atoms with E-state index < -0.39 is 28.1 Å². The van der Waals surface area contributed by atoms with Crippen LogP contribution in [0.4, 0.5) is 17.6 Å². The van der Waals surface area contributed by atoms with Gasteiger partial charge in [0, 0.05) is 5.56 Å². The molecule has 2 nitrogen and oxygen atoms in total. The number of rotatable bonds is 1. The first kappa shape index (κ1) is 11.8. The van der Waals surface area contributed by atoms with E-state index in [0.717, 1.165) is 6.07 Å². The van der Waals surface area contributed by atoms with Crippen molar-refractivity contribution in [3.8, 4) is 0 Å². The normalized spacial score (nSPS) is 12.3. The molecule has 82 valence electrons. The molecule has 0 unspecified atom stereocenters. The van der Waals surface area contributed by atoms with Crippen molar-refractivity contribution < 1.29 is 22.8 Å². The molecule has 0 heterocycles. The summed E-state index contributed by atoms with van der Waals surface area (Å²) in [6.07, 6.45) is -4.38. The predicted octanol–water partition coefficient (Wildman–Crippen LogP) is 3.31. The molecule has 1 aromatic carbocycles. The van der Waals surface area contributed by atoms with Crippen molar-refractivity contribution in [3.05, 3.63) is 34.1 Å². The lowest BCUT2D eigenvalue weighted by atomic mass is 10.1. The summed E-state index contributed by atoms with van der Waals surface area (Å²) in [5.74, 6) is -1.27. The van der Waals surface area contributed by atoms with Gasteiger partial charge in [-0.05, 0) is 12.1 Å². The predicted molar refractivity (Wildman–Crippen MR) is 45.8 cm³/mol. The van der Waals surface area contributed by atoms with Crippen LogP contribution in [0.15, 0.2) is 17.3 Å². The lowest BCUT2D eigenvalue weighted by Gasteiger charge is -2.10. The van der Waals surface area contributed by atoms with Gasteiger partial charge < -0.3 is 5.21 Å². The molecule has 1 aromatic rings. The smallest absolute Gasteiger partial charge is 0.411 e. The molecule has 1 rings (SSSR count). The molecule has 0 spiro atoms. The van der Waals surface area contributed by atoms with Crippen LogP contribution in [0.5, 0.6) is 0 Å². The number of hydrogen-bond acceptors (Lipinski definition) is 2. The third-order valence-electron chi connectivity index (χ3n) is 1.62. The van der Waals surface area contributed by atoms with Crippen LogP contribution in [0.3, 0.4) is 0 Å². The quantitative estimate of drug-likeness (QED) is 0.348. The van der Waals surface area contributed by atoms with E-state index in [0.29, 0.717) is 12.3 Å². The van der Waals surface area contributed by atoms with Crippen LogP contribution >= 0.6 is 11.6 Å². The van der Waals surface area contributed by atoms with E-state index in [-0.39, 0.29) is 0 Å². The van der Waals surface area contributed by atoms with Crippen LogP contribution in [0.2, 0.25) is 5.02 Å². The van der Waals surface area contributed by atoms with Crippen molar-refractivity contribution in [1.82, 2.24) is 0 Å². The SMILES string of the molecule is ON=Cc1c(C(F)(F)F)ccc(Cl)c1F. The zero-order chi connectivity index (χ0) is 11.6. The molecule has 0 atom stereocenters. The monoisotopic (exact) mass is 241 g/mol. The Hall–Kier alpha value is -1.30. The molecule has 0 radical (unpaired) electrons. The minimum Gasteiger partial charge on any atom is -0.411 e. The van der Waals surface area contributed by atoms with Gasteiger partial charge in [0.2, 0.25) is 0 Å². The first-order valence-electron chi connectivity index (χ1n) is 3.60. The van der Waals surface area contributed by atoms with E-state index in [9.17, 15) is 17.6 Å². The Morgan fingerprint density at radius 2 is 1.93 bits per heavy atom. The van der Waals surface area contributed by atoms with Crippen LogP contribution in [0.1, 0.15) is 11.1 Å². The van der Waals surface area contributed by atoms with Gasteiger partial charge >= 0.3 is 6.18 Å². The fourth-order valence-corrected chi connectivity index (χ4v) is 1.16. The minimum atomic E-state index is -4.73. The number of hydrogen-bond donors (Lipinski definition) is 1. The van der Waals surface area contributed by atoms with Gasteiger partial charge in [0.05, 0.1) is 16.8 Å². The van der Waals surface area contributed by atoms with E-state index in [1.54, 1.807) is 0 Å². The summed E-state index contributed by atoms with van der Waals surface area (Å²) >= 11 is 5.29. The van der Waals surface area contributed by atoms with E-state index in [1.165, 1.54) is 0 Å². The van der Waals surface area contributed by atoms with E-state index in [4.69, 9.17) is 16.8 Å². The molecule has 15 heavy (non-hydrogen) atoms. The second kappa shape index (κ2) is 4.06. The molecule has 1 N–H and O–H groups in total. The lowest BCUT2D eigenvalue weighted by Crippen LogP contribution is -2.10. The minimum absolute atomic E-state index is 0.351. The Kier molecular flexibility index (Phi) is 3.18. The fourth-order valence-electron chi connectivity index (χ4n) is 0.997. The van der Waals surface area contributed by atoms with E-state index in [1.807, 2.05) is 0 Å². The molecule has 0 bridgehead atoms. The molecule has 0 saturated carbocycles. The average Bonchev–Trinajstić information content (AvgIpc) is 2.11. The molecular formula is C8H4ClF4NO. The summed E-state index contributed by atoms with van der Waals surface area (Å²) < 4.78 is 50.1. The maximum absolute atomic E-state index is 13.1. The summed E-state index contributed by atoms with van der Waals surface area (Å²) in [7, 11) is 0. The van der Waals surface area contributed by atoms with Gasteiger partial charge in [0.1, 0.15) is 0 Å². The van der Waals surface area contributed by atoms with Gasteiger partial charge in [-0.3, -0.25) is 0 Å². The van der Waals surface area contributed by atoms with Crippen LogP contribution < -0.4 is 0 Å². The third kappa shape index (κ3) is 2.38. The number of benzene rings is 1. The number of oxime groups is 1. The molecule has 0 saturated heterocycles. The molecule has 0 fully saturated rings. The number of nitrogens with zero attached hydrogens (tertiary/aromatic N) is 1. The Labute approximate surface area is 86.8 Å². The highest BCUT2D eigenvalue weighted by Crippen LogP contribution is 2.34. The largest absolute Gasteiger partial charge is 0.417 e. The van der Waals surface area contributed by atoms with Crippen LogP contribution in [-0.4, -0.2) is 11.4 Å². The maximum atomic E-state index is 13.1. The van der Waals surface area contributed by atoms with Crippen LogP contribution in [0.25, 0.3) is 0 Å². The van der Waals surface area contributed by atoms with Gasteiger partial charge in [0.15, 0.2) is 5.82 Å². The van der Waals surface area contributed by atoms with Gasteiger partial charge in [0.25, 0.3) is 0 Å². The molecule has 7 heteroatoms. The van der Waals surface area contributed by atoms with Crippen LogP contribution in [0, 0.1) is 5.82 Å². The molecule has 0 aliphatic carbocycles. The topological polar surface area (TPSA) is 32.6 Å². The van der Waals surface area contributed by atoms with Crippen molar-refractivity contribution >= 4 is 17.8 Å². The number of alkyl halides is 3. The summed E-state index contributed by atoms with van der Waals surface area (Å²) in [6.45, 7) is 0. The summed E-state index contributed by atoms with van der Waals surface area (Å²) in [5, 5.41) is 10.0. The summed E-state index contributed by atoms with van der Waals surface area (Å²) in [5.41, 5.74) is -2.14. The lowest BCUT2D eigenvalue weighted by molar-refractivity contribution is -0.137. The highest BCUT2D eigenvalue weighted by molar-refractivity contribution is 6.31. The van der Waals surface area contributed by atoms with Crippen molar-refractivity contribution in [1.29, 1.82) is 0 Å². The first-order valence-corrected chi connectivity index (χ1v) is 3.98. The highest BCUT2D eigenvalue weighted by Gasteiger charge is 2.34. The van der Waals surface area contributed by atoms with Crippen molar-refractivity contribution in [3.63, 3.8) is 0 Å². The Bertz CT molecular complexity index is 402. The van der Waals surface area contributed by atoms with Crippen molar-refractivity contribution in [2.45, 2.75) is 6.18 Å². The molecule has 0 amide bonds. The van der Waals surface area contributed by atoms with Gasteiger partial charge in [-0.2, -0.15) is 13.2 Å². The standard InChI is InChI=1S/C8H4ClF4NO/c9-6-2-1-5(8(11,12)13)4(3-14-15)7(6)10/h1-3,15H. The van der Waals surface area contributed by atoms with Crippen molar-refractivity contribution in [2.24, 2.45) is 5.16 Å². The Morgan fingerprint density at radius 3 is 2.40 bits per heavy atom. The second-order valence-corrected chi connectivity index (χ2v) is 2.97. The highest BCUT2D eigenvalue weighted by atomic mass is 35.5. The van der Waals surface area contributed by atoms with E-state index >= 15 is 0 Å². The third-order valence-corrected chi connectivity index (χ3v) is 1.92.